The summed E-state index contributed by atoms with van der Waals surface area (Å²) in [5.41, 5.74) is 0.927. The van der Waals surface area contributed by atoms with E-state index in [1.54, 1.807) is 4.90 Å². The number of amides is 1. The van der Waals surface area contributed by atoms with Crippen molar-refractivity contribution >= 4 is 5.91 Å². The van der Waals surface area contributed by atoms with Crippen LogP contribution in [-0.2, 0) is 4.79 Å². The van der Waals surface area contributed by atoms with Gasteiger partial charge in [-0.25, -0.2) is 13.8 Å². The van der Waals surface area contributed by atoms with E-state index in [4.69, 9.17) is 0 Å². The second-order valence-electron chi connectivity index (χ2n) is 7.03. The fraction of sp³-hybridized carbons (Fsp3) is 0.500. The fourth-order valence-electron chi connectivity index (χ4n) is 3.68. The van der Waals surface area contributed by atoms with Crippen molar-refractivity contribution in [3.05, 3.63) is 36.2 Å². The summed E-state index contributed by atoms with van der Waals surface area (Å²) < 4.78 is 26.7. The molecule has 0 saturated carbocycles. The SMILES string of the molecule is O=C(C1CC(F)(F)CN1)N1CCCC(c2nc(-c3ccccc3)n[nH]2)C1. The number of hydrogen-bond donors (Lipinski definition) is 2. The van der Waals surface area contributed by atoms with E-state index in [1.165, 1.54) is 0 Å². The lowest BCUT2D eigenvalue weighted by atomic mass is 9.96. The highest BCUT2D eigenvalue weighted by Crippen LogP contribution is 2.29. The molecule has 2 saturated heterocycles. The molecule has 0 spiro atoms. The largest absolute Gasteiger partial charge is 0.341 e. The van der Waals surface area contributed by atoms with Crippen LogP contribution in [-0.4, -0.2) is 57.6 Å². The van der Waals surface area contributed by atoms with E-state index in [9.17, 15) is 13.6 Å². The molecule has 1 aromatic carbocycles. The number of nitrogens with one attached hydrogen (secondary N) is 2. The van der Waals surface area contributed by atoms with Gasteiger partial charge in [0.1, 0.15) is 5.82 Å². The van der Waals surface area contributed by atoms with E-state index in [2.05, 4.69) is 20.5 Å². The van der Waals surface area contributed by atoms with Gasteiger partial charge in [0.15, 0.2) is 5.82 Å². The molecular weight excluding hydrogens is 340 g/mol. The molecule has 0 aliphatic carbocycles. The lowest BCUT2D eigenvalue weighted by molar-refractivity contribution is -0.135. The molecule has 2 aliphatic heterocycles. The van der Waals surface area contributed by atoms with E-state index in [0.29, 0.717) is 18.9 Å². The third kappa shape index (κ3) is 3.46. The van der Waals surface area contributed by atoms with Crippen LogP contribution in [0.5, 0.6) is 0 Å². The van der Waals surface area contributed by atoms with Crippen molar-refractivity contribution in [1.82, 2.24) is 25.4 Å². The number of aromatic nitrogens is 3. The first-order valence-corrected chi connectivity index (χ1v) is 8.89. The second kappa shape index (κ2) is 6.75. The van der Waals surface area contributed by atoms with Crippen molar-refractivity contribution in [3.63, 3.8) is 0 Å². The Bertz CT molecular complexity index is 779. The molecule has 4 rings (SSSR count). The number of rotatable bonds is 3. The summed E-state index contributed by atoms with van der Waals surface area (Å²) in [6.07, 6.45) is 1.29. The molecule has 2 atom stereocenters. The van der Waals surface area contributed by atoms with Crippen LogP contribution < -0.4 is 5.32 Å². The first kappa shape index (κ1) is 17.1. The summed E-state index contributed by atoms with van der Waals surface area (Å²) in [5.74, 6) is -1.63. The maximum absolute atomic E-state index is 13.4. The summed E-state index contributed by atoms with van der Waals surface area (Å²) in [6.45, 7) is 0.647. The molecule has 1 aromatic heterocycles. The van der Waals surface area contributed by atoms with Crippen molar-refractivity contribution < 1.29 is 13.6 Å². The van der Waals surface area contributed by atoms with E-state index in [-0.39, 0.29) is 11.8 Å². The molecule has 2 aromatic rings. The highest BCUT2D eigenvalue weighted by Gasteiger charge is 2.44. The molecule has 1 amide bonds. The number of piperidine rings is 1. The van der Waals surface area contributed by atoms with Crippen LogP contribution in [0.3, 0.4) is 0 Å². The number of likely N-dealkylation sites (tertiary alicyclic amines) is 1. The highest BCUT2D eigenvalue weighted by molar-refractivity contribution is 5.82. The zero-order valence-corrected chi connectivity index (χ0v) is 14.3. The van der Waals surface area contributed by atoms with Crippen LogP contribution in [0.25, 0.3) is 11.4 Å². The van der Waals surface area contributed by atoms with E-state index in [1.807, 2.05) is 30.3 Å². The molecule has 6 nitrogen and oxygen atoms in total. The predicted molar refractivity (Wildman–Crippen MR) is 91.7 cm³/mol. The van der Waals surface area contributed by atoms with E-state index in [0.717, 1.165) is 24.2 Å². The molecule has 3 heterocycles. The highest BCUT2D eigenvalue weighted by atomic mass is 19.3. The Hall–Kier alpha value is -2.35. The Morgan fingerprint density at radius 2 is 2.08 bits per heavy atom. The lowest BCUT2D eigenvalue weighted by Crippen LogP contribution is -2.47. The average molecular weight is 361 g/mol. The Morgan fingerprint density at radius 3 is 2.81 bits per heavy atom. The number of alkyl halides is 2. The average Bonchev–Trinajstić information content (AvgIpc) is 3.29. The van der Waals surface area contributed by atoms with Crippen LogP contribution in [0.1, 0.15) is 31.0 Å². The van der Waals surface area contributed by atoms with Gasteiger partial charge < -0.3 is 4.90 Å². The molecule has 0 radical (unpaired) electrons. The molecule has 2 aliphatic rings. The second-order valence-corrected chi connectivity index (χ2v) is 7.03. The molecule has 0 bridgehead atoms. The van der Waals surface area contributed by atoms with Crippen molar-refractivity contribution in [3.8, 4) is 11.4 Å². The minimum atomic E-state index is -2.80. The van der Waals surface area contributed by atoms with Crippen LogP contribution in [0.2, 0.25) is 0 Å². The van der Waals surface area contributed by atoms with Gasteiger partial charge in [0, 0.05) is 31.0 Å². The van der Waals surface area contributed by atoms with Crippen LogP contribution in [0.4, 0.5) is 8.78 Å². The zero-order chi connectivity index (χ0) is 18.1. The minimum Gasteiger partial charge on any atom is -0.341 e. The van der Waals surface area contributed by atoms with Gasteiger partial charge in [-0.15, -0.1) is 0 Å². The van der Waals surface area contributed by atoms with Crippen molar-refractivity contribution in [1.29, 1.82) is 0 Å². The Kier molecular flexibility index (Phi) is 4.44. The number of benzene rings is 1. The number of aromatic amines is 1. The summed E-state index contributed by atoms with van der Waals surface area (Å²) in [5, 5.41) is 9.91. The smallest absolute Gasteiger partial charge is 0.262 e. The quantitative estimate of drug-likeness (QED) is 0.879. The van der Waals surface area contributed by atoms with Crippen LogP contribution >= 0.6 is 0 Å². The number of halogens is 2. The Balaban J connectivity index is 1.44. The molecule has 138 valence electrons. The first-order valence-electron chi connectivity index (χ1n) is 8.89. The summed E-state index contributed by atoms with van der Waals surface area (Å²) >= 11 is 0. The maximum atomic E-state index is 13.4. The standard InChI is InChI=1S/C18H21F2N5O/c19-18(20)9-14(21-11-18)17(26)25-8-4-7-13(10-25)16-22-15(23-24-16)12-5-2-1-3-6-12/h1-3,5-6,13-14,21H,4,7-11H2,(H,22,23,24). The van der Waals surface area contributed by atoms with Gasteiger partial charge in [0.25, 0.3) is 5.92 Å². The Labute approximate surface area is 150 Å². The van der Waals surface area contributed by atoms with Crippen molar-refractivity contribution in [2.75, 3.05) is 19.6 Å². The van der Waals surface area contributed by atoms with Gasteiger partial charge in [-0.1, -0.05) is 30.3 Å². The van der Waals surface area contributed by atoms with E-state index < -0.39 is 24.9 Å². The van der Waals surface area contributed by atoms with Gasteiger partial charge in [0.2, 0.25) is 5.91 Å². The summed E-state index contributed by atoms with van der Waals surface area (Å²) in [7, 11) is 0. The van der Waals surface area contributed by atoms with Gasteiger partial charge >= 0.3 is 0 Å². The molecule has 2 fully saturated rings. The van der Waals surface area contributed by atoms with Crippen LogP contribution in [0.15, 0.2) is 30.3 Å². The third-order valence-corrected chi connectivity index (χ3v) is 5.06. The third-order valence-electron chi connectivity index (χ3n) is 5.06. The number of H-pyrrole nitrogens is 1. The van der Waals surface area contributed by atoms with Gasteiger partial charge in [-0.2, -0.15) is 5.10 Å². The van der Waals surface area contributed by atoms with Crippen LogP contribution in [0, 0.1) is 0 Å². The zero-order valence-electron chi connectivity index (χ0n) is 14.3. The first-order chi connectivity index (χ1) is 12.5. The number of carbonyl (C=O) groups is 1. The number of carbonyl (C=O) groups excluding carboxylic acids is 1. The normalized spacial score (nSPS) is 25.4. The van der Waals surface area contributed by atoms with Gasteiger partial charge in [-0.3, -0.25) is 15.2 Å². The van der Waals surface area contributed by atoms with Gasteiger partial charge in [0.05, 0.1) is 12.6 Å². The summed E-state index contributed by atoms with van der Waals surface area (Å²) in [4.78, 5) is 18.8. The van der Waals surface area contributed by atoms with E-state index >= 15 is 0 Å². The monoisotopic (exact) mass is 361 g/mol. The lowest BCUT2D eigenvalue weighted by Gasteiger charge is -2.33. The molecular formula is C18H21F2N5O. The number of nitrogens with zero attached hydrogens (tertiary/aromatic N) is 3. The maximum Gasteiger partial charge on any atom is 0.262 e. The minimum absolute atomic E-state index is 0.0413. The van der Waals surface area contributed by atoms with Crippen molar-refractivity contribution in [2.24, 2.45) is 0 Å². The summed E-state index contributed by atoms with van der Waals surface area (Å²) in [6, 6.07) is 8.87. The van der Waals surface area contributed by atoms with Crippen molar-refractivity contribution in [2.45, 2.75) is 37.1 Å². The molecule has 26 heavy (non-hydrogen) atoms. The fourth-order valence-corrected chi connectivity index (χ4v) is 3.68. The van der Waals surface area contributed by atoms with Gasteiger partial charge in [-0.05, 0) is 12.8 Å². The Morgan fingerprint density at radius 1 is 1.27 bits per heavy atom. The molecule has 2 N–H and O–H groups in total. The number of hydrogen-bond acceptors (Lipinski definition) is 4. The molecule has 8 heteroatoms. The topological polar surface area (TPSA) is 73.9 Å². The molecule has 2 unspecified atom stereocenters. The predicted octanol–water partition coefficient (Wildman–Crippen LogP) is 2.17.